The molecule has 3 nitrogen and oxygen atoms in total. The summed E-state index contributed by atoms with van der Waals surface area (Å²) in [6.07, 6.45) is 0.827. The van der Waals surface area contributed by atoms with Crippen molar-refractivity contribution < 1.29 is 4.39 Å². The molecule has 6 heteroatoms. The number of halogens is 2. The van der Waals surface area contributed by atoms with E-state index >= 15 is 0 Å². The summed E-state index contributed by atoms with van der Waals surface area (Å²) in [7, 11) is 0. The van der Waals surface area contributed by atoms with Gasteiger partial charge in [-0.25, -0.2) is 4.39 Å². The molecule has 0 unspecified atom stereocenters. The van der Waals surface area contributed by atoms with Crippen molar-refractivity contribution in [3.63, 3.8) is 0 Å². The zero-order valence-corrected chi connectivity index (χ0v) is 15.4. The van der Waals surface area contributed by atoms with Crippen molar-refractivity contribution in [1.82, 2.24) is 15.6 Å². The average molecular weight is 376 g/mol. The van der Waals surface area contributed by atoms with Gasteiger partial charge in [0.05, 0.1) is 10.5 Å². The van der Waals surface area contributed by atoms with Gasteiger partial charge in [-0.3, -0.25) is 0 Å². The van der Waals surface area contributed by atoms with Crippen LogP contribution in [0.5, 0.6) is 0 Å². The Kier molecular flexibility index (Phi) is 5.56. The Bertz CT molecular complexity index is 907. The highest BCUT2D eigenvalue weighted by molar-refractivity contribution is 7.80. The van der Waals surface area contributed by atoms with Gasteiger partial charge in [0.15, 0.2) is 5.11 Å². The van der Waals surface area contributed by atoms with Crippen LogP contribution in [0.15, 0.2) is 42.5 Å². The average Bonchev–Trinajstić information content (AvgIpc) is 2.91. The monoisotopic (exact) mass is 375 g/mol. The second-order valence-corrected chi connectivity index (χ2v) is 6.70. The Hall–Kier alpha value is -2.11. The third-order valence-electron chi connectivity index (χ3n) is 4.11. The molecule has 3 aromatic rings. The molecular weight excluding hydrogens is 357 g/mol. The minimum Gasteiger partial charge on any atom is -0.362 e. The van der Waals surface area contributed by atoms with Gasteiger partial charge in [-0.05, 0) is 54.9 Å². The SMILES string of the molecule is Cc1[nH]c2c(Cl)cccc2c1CCNC(=S)NCc1cccc(F)c1. The molecule has 1 heterocycles. The molecule has 0 aliphatic carbocycles. The topological polar surface area (TPSA) is 39.9 Å². The molecule has 3 N–H and O–H groups in total. The lowest BCUT2D eigenvalue weighted by Crippen LogP contribution is -2.35. The van der Waals surface area contributed by atoms with E-state index in [9.17, 15) is 4.39 Å². The maximum Gasteiger partial charge on any atom is 0.166 e. The summed E-state index contributed by atoms with van der Waals surface area (Å²) in [5.74, 6) is -0.244. The lowest BCUT2D eigenvalue weighted by Gasteiger charge is -2.11. The van der Waals surface area contributed by atoms with E-state index in [4.69, 9.17) is 23.8 Å². The summed E-state index contributed by atoms with van der Waals surface area (Å²) in [6.45, 7) is 3.24. The molecule has 0 aliphatic heterocycles. The molecule has 130 valence electrons. The van der Waals surface area contributed by atoms with E-state index in [0.29, 0.717) is 18.2 Å². The number of nitrogens with one attached hydrogen (secondary N) is 3. The van der Waals surface area contributed by atoms with Gasteiger partial charge in [-0.2, -0.15) is 0 Å². The predicted molar refractivity (Wildman–Crippen MR) is 106 cm³/mol. The fourth-order valence-electron chi connectivity index (χ4n) is 2.88. The largest absolute Gasteiger partial charge is 0.362 e. The first-order valence-corrected chi connectivity index (χ1v) is 8.85. The van der Waals surface area contributed by atoms with Crippen LogP contribution in [0.3, 0.4) is 0 Å². The summed E-state index contributed by atoms with van der Waals surface area (Å²) in [6, 6.07) is 12.4. The smallest absolute Gasteiger partial charge is 0.166 e. The van der Waals surface area contributed by atoms with Crippen LogP contribution in [0, 0.1) is 12.7 Å². The number of fused-ring (bicyclic) bond motifs is 1. The third-order valence-corrected chi connectivity index (χ3v) is 4.71. The molecule has 0 spiro atoms. The maximum atomic E-state index is 13.2. The van der Waals surface area contributed by atoms with Crippen LogP contribution < -0.4 is 10.6 Å². The number of thiocarbonyl (C=S) groups is 1. The minimum atomic E-state index is -0.244. The van der Waals surface area contributed by atoms with Gasteiger partial charge in [0.25, 0.3) is 0 Å². The number of hydrogen-bond donors (Lipinski definition) is 3. The molecule has 0 saturated heterocycles. The van der Waals surface area contributed by atoms with Gasteiger partial charge in [0, 0.05) is 24.2 Å². The van der Waals surface area contributed by atoms with Gasteiger partial charge >= 0.3 is 0 Å². The molecule has 0 amide bonds. The van der Waals surface area contributed by atoms with Crippen LogP contribution in [0.25, 0.3) is 10.9 Å². The highest BCUT2D eigenvalue weighted by Gasteiger charge is 2.10. The Morgan fingerprint density at radius 2 is 2.00 bits per heavy atom. The van der Waals surface area contributed by atoms with Crippen LogP contribution in [-0.4, -0.2) is 16.6 Å². The maximum absolute atomic E-state index is 13.2. The van der Waals surface area contributed by atoms with E-state index in [2.05, 4.69) is 21.7 Å². The molecule has 0 atom stereocenters. The molecule has 0 saturated carbocycles. The summed E-state index contributed by atoms with van der Waals surface area (Å²) in [5, 5.41) is 8.71. The first-order valence-electron chi connectivity index (χ1n) is 8.06. The zero-order valence-electron chi connectivity index (χ0n) is 13.8. The van der Waals surface area contributed by atoms with Crippen molar-refractivity contribution in [1.29, 1.82) is 0 Å². The number of aromatic nitrogens is 1. The number of H-pyrrole nitrogens is 1. The molecule has 3 rings (SSSR count). The molecule has 0 radical (unpaired) electrons. The quantitative estimate of drug-likeness (QED) is 0.576. The van der Waals surface area contributed by atoms with Crippen molar-refractivity contribution in [2.45, 2.75) is 19.9 Å². The molecule has 1 aromatic heterocycles. The minimum absolute atomic E-state index is 0.244. The van der Waals surface area contributed by atoms with Gasteiger partial charge < -0.3 is 15.6 Å². The second-order valence-electron chi connectivity index (χ2n) is 5.88. The molecule has 0 bridgehead atoms. The van der Waals surface area contributed by atoms with Crippen molar-refractivity contribution in [3.8, 4) is 0 Å². The van der Waals surface area contributed by atoms with Crippen LogP contribution >= 0.6 is 23.8 Å². The number of aryl methyl sites for hydroxylation is 1. The first-order chi connectivity index (χ1) is 12.0. The van der Waals surface area contributed by atoms with Crippen molar-refractivity contribution in [3.05, 3.63) is 70.1 Å². The Morgan fingerprint density at radius 3 is 2.80 bits per heavy atom. The van der Waals surface area contributed by atoms with Gasteiger partial charge in [0.2, 0.25) is 0 Å². The van der Waals surface area contributed by atoms with E-state index in [-0.39, 0.29) is 5.82 Å². The van der Waals surface area contributed by atoms with Crippen molar-refractivity contribution >= 4 is 39.8 Å². The van der Waals surface area contributed by atoms with Crippen molar-refractivity contribution in [2.24, 2.45) is 0 Å². The van der Waals surface area contributed by atoms with E-state index in [1.54, 1.807) is 6.07 Å². The Morgan fingerprint density at radius 1 is 1.20 bits per heavy atom. The number of aromatic amines is 1. The van der Waals surface area contributed by atoms with Gasteiger partial charge in [0.1, 0.15) is 5.82 Å². The molecule has 0 fully saturated rings. The Labute approximate surface area is 156 Å². The van der Waals surface area contributed by atoms with Gasteiger partial charge in [-0.1, -0.05) is 35.9 Å². The van der Waals surface area contributed by atoms with E-state index in [1.165, 1.54) is 17.7 Å². The summed E-state index contributed by atoms with van der Waals surface area (Å²) < 4.78 is 13.2. The van der Waals surface area contributed by atoms with E-state index in [1.807, 2.05) is 25.1 Å². The zero-order chi connectivity index (χ0) is 17.8. The molecule has 2 aromatic carbocycles. The van der Waals surface area contributed by atoms with Crippen LogP contribution in [-0.2, 0) is 13.0 Å². The number of benzene rings is 2. The molecule has 25 heavy (non-hydrogen) atoms. The number of hydrogen-bond acceptors (Lipinski definition) is 1. The van der Waals surface area contributed by atoms with Crippen LogP contribution in [0.1, 0.15) is 16.8 Å². The highest BCUT2D eigenvalue weighted by atomic mass is 35.5. The molecular formula is C19H19ClFN3S. The number of rotatable bonds is 5. The fourth-order valence-corrected chi connectivity index (χ4v) is 3.28. The second kappa shape index (κ2) is 7.85. The first kappa shape index (κ1) is 17.7. The highest BCUT2D eigenvalue weighted by Crippen LogP contribution is 2.27. The van der Waals surface area contributed by atoms with Crippen LogP contribution in [0.4, 0.5) is 4.39 Å². The van der Waals surface area contributed by atoms with Crippen molar-refractivity contribution in [2.75, 3.05) is 6.54 Å². The van der Waals surface area contributed by atoms with Gasteiger partial charge in [-0.15, -0.1) is 0 Å². The normalized spacial score (nSPS) is 10.8. The lowest BCUT2D eigenvalue weighted by molar-refractivity contribution is 0.624. The Balaban J connectivity index is 1.54. The van der Waals surface area contributed by atoms with E-state index in [0.717, 1.165) is 33.6 Å². The van der Waals surface area contributed by atoms with E-state index < -0.39 is 0 Å². The number of para-hydroxylation sites is 1. The fraction of sp³-hybridized carbons (Fsp3) is 0.211. The summed E-state index contributed by atoms with van der Waals surface area (Å²) in [4.78, 5) is 3.34. The summed E-state index contributed by atoms with van der Waals surface area (Å²) in [5.41, 5.74) is 4.18. The third kappa shape index (κ3) is 4.30. The standard InChI is InChI=1S/C19H19ClFN3S/c1-12-15(16-6-3-7-17(20)18(16)24-12)8-9-22-19(25)23-11-13-4-2-5-14(21)10-13/h2-7,10,24H,8-9,11H2,1H3,(H2,22,23,25). The van der Waals surface area contributed by atoms with Crippen LogP contribution in [0.2, 0.25) is 5.02 Å². The lowest BCUT2D eigenvalue weighted by atomic mass is 10.1. The molecule has 0 aliphatic rings. The predicted octanol–water partition coefficient (Wildman–Crippen LogP) is 4.48. The summed E-state index contributed by atoms with van der Waals surface area (Å²) >= 11 is 11.5.